The quantitative estimate of drug-likeness (QED) is 0.504. The summed E-state index contributed by atoms with van der Waals surface area (Å²) in [5.74, 6) is -1.82. The highest BCUT2D eigenvalue weighted by atomic mass is 32.1. The molecule has 2 atom stereocenters. The summed E-state index contributed by atoms with van der Waals surface area (Å²) in [6, 6.07) is 11.6. The van der Waals surface area contributed by atoms with Crippen LogP contribution in [0.1, 0.15) is 39.4 Å². The summed E-state index contributed by atoms with van der Waals surface area (Å²) in [7, 11) is 0. The molecule has 9 heteroatoms. The third-order valence-corrected chi connectivity index (χ3v) is 6.56. The van der Waals surface area contributed by atoms with Crippen LogP contribution in [-0.4, -0.2) is 37.1 Å². The lowest BCUT2D eigenvalue weighted by Crippen LogP contribution is -2.45. The third-order valence-electron chi connectivity index (χ3n) is 5.41. The molecule has 3 aromatic rings. The molecule has 4 rings (SSSR count). The number of morpholine rings is 1. The summed E-state index contributed by atoms with van der Waals surface area (Å²) in [5.41, 5.74) is 1.63. The number of ether oxygens (including phenoxy) is 1. The fourth-order valence-corrected chi connectivity index (χ4v) is 4.95. The molecule has 1 aliphatic rings. The summed E-state index contributed by atoms with van der Waals surface area (Å²) < 4.78 is 33.9. The molecule has 1 saturated heterocycles. The van der Waals surface area contributed by atoms with Gasteiger partial charge in [-0.05, 0) is 68.8 Å². The number of hydrogen-bond donors (Lipinski definition) is 2. The minimum atomic E-state index is -0.508. The van der Waals surface area contributed by atoms with Crippen molar-refractivity contribution < 1.29 is 23.1 Å². The highest BCUT2D eigenvalue weighted by Gasteiger charge is 2.24. The van der Waals surface area contributed by atoms with Crippen LogP contribution in [0.25, 0.3) is 0 Å². The first kappa shape index (κ1) is 23.8. The second kappa shape index (κ2) is 9.90. The van der Waals surface area contributed by atoms with Crippen LogP contribution in [0.2, 0.25) is 0 Å². The summed E-state index contributed by atoms with van der Waals surface area (Å²) >= 11 is 1.09. The number of nitrogens with zero attached hydrogens (tertiary/aromatic N) is 1. The molecule has 34 heavy (non-hydrogen) atoms. The second-order valence-corrected chi connectivity index (χ2v) is 9.42. The zero-order valence-corrected chi connectivity index (χ0v) is 19.8. The Balaban J connectivity index is 1.44. The number of rotatable bonds is 5. The number of anilines is 3. The number of carbonyl (C=O) groups excluding carboxylic acids is 2. The lowest BCUT2D eigenvalue weighted by molar-refractivity contribution is -0.00539. The van der Waals surface area contributed by atoms with Crippen LogP contribution in [0, 0.1) is 18.6 Å². The molecule has 2 heterocycles. The zero-order valence-electron chi connectivity index (χ0n) is 19.0. The highest BCUT2D eigenvalue weighted by molar-refractivity contribution is 7.18. The van der Waals surface area contributed by atoms with Crippen LogP contribution in [0.15, 0.2) is 48.5 Å². The summed E-state index contributed by atoms with van der Waals surface area (Å²) in [5, 5.41) is 5.85. The largest absolute Gasteiger partial charge is 0.372 e. The van der Waals surface area contributed by atoms with Crippen LogP contribution < -0.4 is 15.5 Å². The Morgan fingerprint density at radius 2 is 1.74 bits per heavy atom. The molecule has 0 radical (unpaired) electrons. The number of carbonyl (C=O) groups is 2. The van der Waals surface area contributed by atoms with Crippen LogP contribution in [-0.2, 0) is 4.74 Å². The minimum Gasteiger partial charge on any atom is -0.372 e. The number of thiophene rings is 1. The standard InChI is InChI=1S/C25H25F2N3O3S/c1-14-9-22(29-24(31)17-5-4-6-18(26)10-17)34-23(14)25(32)28-19-7-8-21(20(27)11-19)30-12-15(2)33-16(3)13-30/h4-11,15-16H,12-13H2,1-3H3,(H,28,32)(H,29,31). The van der Waals surface area contributed by atoms with E-state index in [2.05, 4.69) is 10.6 Å². The molecule has 2 unspecified atom stereocenters. The van der Waals surface area contributed by atoms with Gasteiger partial charge < -0.3 is 20.3 Å². The molecule has 2 N–H and O–H groups in total. The number of hydrogen-bond acceptors (Lipinski definition) is 5. The monoisotopic (exact) mass is 485 g/mol. The first-order valence-electron chi connectivity index (χ1n) is 10.9. The molecule has 1 fully saturated rings. The van der Waals surface area contributed by atoms with Crippen LogP contribution >= 0.6 is 11.3 Å². The smallest absolute Gasteiger partial charge is 0.266 e. The number of amides is 2. The Labute approximate surface area is 200 Å². The number of nitrogens with one attached hydrogen (secondary N) is 2. The maximum Gasteiger partial charge on any atom is 0.266 e. The van der Waals surface area contributed by atoms with Gasteiger partial charge in [-0.25, -0.2) is 8.78 Å². The Morgan fingerprint density at radius 3 is 2.41 bits per heavy atom. The van der Waals surface area contributed by atoms with Gasteiger partial charge in [0.15, 0.2) is 0 Å². The molecule has 0 saturated carbocycles. The predicted molar refractivity (Wildman–Crippen MR) is 130 cm³/mol. The lowest BCUT2D eigenvalue weighted by Gasteiger charge is -2.37. The molecule has 2 aromatic carbocycles. The molecule has 1 aliphatic heterocycles. The van der Waals surface area contributed by atoms with E-state index in [1.54, 1.807) is 25.1 Å². The van der Waals surface area contributed by atoms with E-state index in [-0.39, 0.29) is 17.8 Å². The highest BCUT2D eigenvalue weighted by Crippen LogP contribution is 2.30. The molecule has 0 bridgehead atoms. The van der Waals surface area contributed by atoms with Gasteiger partial charge in [0, 0.05) is 24.3 Å². The summed E-state index contributed by atoms with van der Waals surface area (Å²) in [6.45, 7) is 6.82. The number of aryl methyl sites for hydroxylation is 1. The van der Waals surface area contributed by atoms with Crippen LogP contribution in [0.5, 0.6) is 0 Å². The predicted octanol–water partition coefficient (Wildman–Crippen LogP) is 5.45. The van der Waals surface area contributed by atoms with Crippen molar-refractivity contribution in [3.8, 4) is 0 Å². The van der Waals surface area contributed by atoms with Gasteiger partial charge in [-0.2, -0.15) is 0 Å². The van der Waals surface area contributed by atoms with Gasteiger partial charge >= 0.3 is 0 Å². The average molecular weight is 486 g/mol. The maximum absolute atomic E-state index is 14.9. The summed E-state index contributed by atoms with van der Waals surface area (Å²) in [6.07, 6.45) is -0.000122. The first-order chi connectivity index (χ1) is 16.2. The van der Waals surface area contributed by atoms with E-state index >= 15 is 0 Å². The fourth-order valence-electron chi connectivity index (χ4n) is 3.99. The van der Waals surface area contributed by atoms with E-state index in [4.69, 9.17) is 4.74 Å². The molecule has 178 valence electrons. The molecule has 2 amide bonds. The van der Waals surface area contributed by atoms with Gasteiger partial charge in [0.05, 0.1) is 27.8 Å². The Hall–Kier alpha value is -3.30. The number of halogens is 2. The molecular formula is C25H25F2N3O3S. The van der Waals surface area contributed by atoms with Gasteiger partial charge in [-0.1, -0.05) is 6.07 Å². The van der Waals surface area contributed by atoms with Crippen molar-refractivity contribution in [2.45, 2.75) is 33.0 Å². The van der Waals surface area contributed by atoms with E-state index < -0.39 is 23.4 Å². The van der Waals surface area contributed by atoms with E-state index in [0.29, 0.717) is 39.9 Å². The van der Waals surface area contributed by atoms with Gasteiger partial charge in [0.1, 0.15) is 11.6 Å². The Morgan fingerprint density at radius 1 is 1.00 bits per heavy atom. The van der Waals surface area contributed by atoms with Crippen molar-refractivity contribution in [1.82, 2.24) is 0 Å². The van der Waals surface area contributed by atoms with E-state index in [1.165, 1.54) is 24.3 Å². The molecular weight excluding hydrogens is 460 g/mol. The van der Waals surface area contributed by atoms with Gasteiger partial charge in [0.25, 0.3) is 11.8 Å². The second-order valence-electron chi connectivity index (χ2n) is 8.37. The van der Waals surface area contributed by atoms with Crippen molar-refractivity contribution >= 4 is 39.5 Å². The van der Waals surface area contributed by atoms with Crippen molar-refractivity contribution in [2.24, 2.45) is 0 Å². The third kappa shape index (κ3) is 5.43. The average Bonchev–Trinajstić information content (AvgIpc) is 3.13. The van der Waals surface area contributed by atoms with Gasteiger partial charge in [-0.3, -0.25) is 9.59 Å². The van der Waals surface area contributed by atoms with Crippen LogP contribution in [0.4, 0.5) is 25.2 Å². The fraction of sp³-hybridized carbons (Fsp3) is 0.280. The van der Waals surface area contributed by atoms with E-state index in [9.17, 15) is 18.4 Å². The lowest BCUT2D eigenvalue weighted by atomic mass is 10.1. The Bertz CT molecular complexity index is 1220. The zero-order chi connectivity index (χ0) is 24.4. The van der Waals surface area contributed by atoms with E-state index in [0.717, 1.165) is 17.4 Å². The molecule has 1 aromatic heterocycles. The van der Waals surface area contributed by atoms with E-state index in [1.807, 2.05) is 18.7 Å². The van der Waals surface area contributed by atoms with Crippen molar-refractivity contribution in [2.75, 3.05) is 28.6 Å². The Kier molecular flexibility index (Phi) is 6.95. The normalized spacial score (nSPS) is 18.0. The van der Waals surface area contributed by atoms with Crippen molar-refractivity contribution in [3.05, 3.63) is 76.2 Å². The SMILES string of the molecule is Cc1cc(NC(=O)c2cccc(F)c2)sc1C(=O)Nc1ccc(N2CC(C)OC(C)C2)c(F)c1. The summed E-state index contributed by atoms with van der Waals surface area (Å²) in [4.78, 5) is 27.5. The van der Waals surface area contributed by atoms with Crippen molar-refractivity contribution in [1.29, 1.82) is 0 Å². The van der Waals surface area contributed by atoms with Crippen molar-refractivity contribution in [3.63, 3.8) is 0 Å². The molecule has 0 spiro atoms. The maximum atomic E-state index is 14.9. The number of benzene rings is 2. The van der Waals surface area contributed by atoms with Crippen LogP contribution in [0.3, 0.4) is 0 Å². The topological polar surface area (TPSA) is 70.7 Å². The first-order valence-corrected chi connectivity index (χ1v) is 11.7. The van der Waals surface area contributed by atoms with Gasteiger partial charge in [-0.15, -0.1) is 11.3 Å². The molecule has 6 nitrogen and oxygen atoms in total. The molecule has 0 aliphatic carbocycles. The van der Waals surface area contributed by atoms with Gasteiger partial charge in [0.2, 0.25) is 0 Å². The minimum absolute atomic E-state index is 0.0000609.